The molecule has 1 heterocycles. The predicted octanol–water partition coefficient (Wildman–Crippen LogP) is 4.52. The first-order valence-electron chi connectivity index (χ1n) is 12.6. The first-order chi connectivity index (χ1) is 17.9. The lowest BCUT2D eigenvalue weighted by Gasteiger charge is -2.36. The molecular weight excluding hydrogens is 484 g/mol. The molecule has 4 rings (SSSR count). The summed E-state index contributed by atoms with van der Waals surface area (Å²) in [6.07, 6.45) is 3.16. The monoisotopic (exact) mass is 518 g/mol. The van der Waals surface area contributed by atoms with Crippen LogP contribution in [0.25, 0.3) is 6.08 Å². The average Bonchev–Trinajstić information content (AvgIpc) is 2.93. The Hall–Kier alpha value is -3.46. The second-order valence-electron chi connectivity index (χ2n) is 9.09. The van der Waals surface area contributed by atoms with Crippen molar-refractivity contribution in [3.63, 3.8) is 0 Å². The number of sulfonamides is 1. The van der Waals surface area contributed by atoms with Crippen molar-refractivity contribution in [1.29, 1.82) is 0 Å². The Morgan fingerprint density at radius 3 is 2.24 bits per heavy atom. The number of benzene rings is 3. The van der Waals surface area contributed by atoms with Gasteiger partial charge in [-0.25, -0.2) is 13.1 Å². The summed E-state index contributed by atoms with van der Waals surface area (Å²) in [7, 11) is -3.89. The van der Waals surface area contributed by atoms with E-state index in [1.807, 2.05) is 67.6 Å². The van der Waals surface area contributed by atoms with E-state index in [0.717, 1.165) is 43.9 Å². The van der Waals surface area contributed by atoms with Crippen LogP contribution >= 0.6 is 0 Å². The molecule has 0 radical (unpaired) electrons. The zero-order chi connectivity index (χ0) is 26.3. The molecule has 1 fully saturated rings. The number of hydrogen-bond acceptors (Lipinski definition) is 5. The number of likely N-dealkylation sites (N-methyl/N-ethyl adjacent to an activating group) is 1. The van der Waals surface area contributed by atoms with Crippen molar-refractivity contribution >= 4 is 33.4 Å². The largest absolute Gasteiger partial charge is 0.368 e. The van der Waals surface area contributed by atoms with Crippen LogP contribution in [0, 0.1) is 0 Å². The number of rotatable bonds is 9. The minimum Gasteiger partial charge on any atom is -0.368 e. The molecule has 0 aliphatic carbocycles. The number of piperazine rings is 1. The van der Waals surface area contributed by atoms with Gasteiger partial charge in [0.2, 0.25) is 15.9 Å². The Morgan fingerprint density at radius 1 is 0.946 bits per heavy atom. The molecule has 1 amide bonds. The fraction of sp³-hybridized carbons (Fsp3) is 0.276. The van der Waals surface area contributed by atoms with Gasteiger partial charge in [-0.3, -0.25) is 4.79 Å². The van der Waals surface area contributed by atoms with Gasteiger partial charge in [0.05, 0.1) is 5.69 Å². The Balaban J connectivity index is 1.60. The number of nitrogens with one attached hydrogen (secondary N) is 2. The predicted molar refractivity (Wildman–Crippen MR) is 150 cm³/mol. The zero-order valence-corrected chi connectivity index (χ0v) is 22.1. The molecule has 0 spiro atoms. The summed E-state index contributed by atoms with van der Waals surface area (Å²) < 4.78 is 30.2. The van der Waals surface area contributed by atoms with E-state index in [0.29, 0.717) is 11.4 Å². The van der Waals surface area contributed by atoms with E-state index < -0.39 is 16.1 Å². The summed E-state index contributed by atoms with van der Waals surface area (Å²) in [5, 5.41) is 2.81. The highest BCUT2D eigenvalue weighted by molar-refractivity contribution is 7.89. The fourth-order valence-electron chi connectivity index (χ4n) is 4.40. The molecule has 194 valence electrons. The van der Waals surface area contributed by atoms with E-state index in [4.69, 9.17) is 0 Å². The summed E-state index contributed by atoms with van der Waals surface area (Å²) in [6, 6.07) is 23.7. The van der Waals surface area contributed by atoms with Crippen LogP contribution in [-0.2, 0) is 14.8 Å². The molecule has 1 aliphatic rings. The zero-order valence-electron chi connectivity index (χ0n) is 21.3. The number of anilines is 2. The summed E-state index contributed by atoms with van der Waals surface area (Å²) in [5.41, 5.74) is 2.84. The molecule has 3 aromatic rings. The van der Waals surface area contributed by atoms with Crippen LogP contribution in [0.5, 0.6) is 0 Å². The average molecular weight is 519 g/mol. The number of carbonyl (C=O) groups excluding carboxylic acids is 1. The second kappa shape index (κ2) is 12.2. The van der Waals surface area contributed by atoms with Crippen molar-refractivity contribution in [2.45, 2.75) is 24.8 Å². The van der Waals surface area contributed by atoms with Crippen LogP contribution in [0.1, 0.15) is 31.0 Å². The maximum Gasteiger partial charge on any atom is 0.248 e. The van der Waals surface area contributed by atoms with Gasteiger partial charge in [-0.2, -0.15) is 0 Å². The molecule has 0 unspecified atom stereocenters. The van der Waals surface area contributed by atoms with Crippen molar-refractivity contribution in [2.24, 2.45) is 0 Å². The molecule has 0 aromatic heterocycles. The van der Waals surface area contributed by atoms with Crippen molar-refractivity contribution in [1.82, 2.24) is 9.62 Å². The van der Waals surface area contributed by atoms with Crippen molar-refractivity contribution in [3.05, 3.63) is 96.1 Å². The number of carbonyl (C=O) groups is 1. The molecule has 1 saturated heterocycles. The van der Waals surface area contributed by atoms with Gasteiger partial charge in [0.1, 0.15) is 4.90 Å². The fourth-order valence-corrected chi connectivity index (χ4v) is 5.88. The third kappa shape index (κ3) is 7.07. The Kier molecular flexibility index (Phi) is 8.76. The lowest BCUT2D eigenvalue weighted by atomic mass is 10.1. The van der Waals surface area contributed by atoms with Crippen LogP contribution in [0.4, 0.5) is 11.4 Å². The van der Waals surface area contributed by atoms with Gasteiger partial charge < -0.3 is 15.1 Å². The molecule has 3 aromatic carbocycles. The van der Waals surface area contributed by atoms with Crippen molar-refractivity contribution < 1.29 is 13.2 Å². The van der Waals surface area contributed by atoms with Gasteiger partial charge in [0, 0.05) is 44.0 Å². The first kappa shape index (κ1) is 26.6. The van der Waals surface area contributed by atoms with Crippen LogP contribution < -0.4 is 14.9 Å². The quantitative estimate of drug-likeness (QED) is 0.407. The lowest BCUT2D eigenvalue weighted by Crippen LogP contribution is -2.46. The molecule has 8 heteroatoms. The van der Waals surface area contributed by atoms with Crippen molar-refractivity contribution in [3.8, 4) is 0 Å². The highest BCUT2D eigenvalue weighted by atomic mass is 32.2. The SMILES string of the molecule is CCN1CCN(c2ccc(NC(=O)/C=C/c3ccccc3)cc2S(=O)(=O)N[C@@H](C)c2ccccc2)CC1. The number of amides is 1. The Morgan fingerprint density at radius 2 is 1.59 bits per heavy atom. The highest BCUT2D eigenvalue weighted by Crippen LogP contribution is 2.30. The van der Waals surface area contributed by atoms with Crippen LogP contribution in [-0.4, -0.2) is 51.9 Å². The van der Waals surface area contributed by atoms with E-state index in [-0.39, 0.29) is 10.8 Å². The van der Waals surface area contributed by atoms with E-state index in [1.54, 1.807) is 24.3 Å². The van der Waals surface area contributed by atoms with Crippen molar-refractivity contribution in [2.75, 3.05) is 42.9 Å². The smallest absolute Gasteiger partial charge is 0.248 e. The number of nitrogens with zero attached hydrogens (tertiary/aromatic N) is 2. The maximum absolute atomic E-state index is 13.7. The van der Waals surface area contributed by atoms with Gasteiger partial charge in [0.15, 0.2) is 0 Å². The maximum atomic E-state index is 13.7. The molecule has 1 atom stereocenters. The van der Waals surface area contributed by atoms with Gasteiger partial charge in [-0.15, -0.1) is 0 Å². The highest BCUT2D eigenvalue weighted by Gasteiger charge is 2.27. The molecule has 37 heavy (non-hydrogen) atoms. The van der Waals surface area contributed by atoms with Gasteiger partial charge >= 0.3 is 0 Å². The topological polar surface area (TPSA) is 81.8 Å². The number of hydrogen-bond donors (Lipinski definition) is 2. The summed E-state index contributed by atoms with van der Waals surface area (Å²) in [4.78, 5) is 17.2. The van der Waals surface area contributed by atoms with E-state index in [1.165, 1.54) is 6.08 Å². The van der Waals surface area contributed by atoms with Crippen LogP contribution in [0.2, 0.25) is 0 Å². The van der Waals surface area contributed by atoms with Gasteiger partial charge in [0.25, 0.3) is 0 Å². The molecule has 0 saturated carbocycles. The molecule has 7 nitrogen and oxygen atoms in total. The second-order valence-corrected chi connectivity index (χ2v) is 10.8. The lowest BCUT2D eigenvalue weighted by molar-refractivity contribution is -0.111. The van der Waals surface area contributed by atoms with E-state index in [9.17, 15) is 13.2 Å². The van der Waals surface area contributed by atoms with Gasteiger partial charge in [-0.05, 0) is 48.9 Å². The molecular formula is C29H34N4O3S. The molecule has 0 bridgehead atoms. The minimum atomic E-state index is -3.89. The summed E-state index contributed by atoms with van der Waals surface area (Å²) in [6.45, 7) is 8.12. The Labute approximate surface area is 219 Å². The minimum absolute atomic E-state index is 0.157. The van der Waals surface area contributed by atoms with Crippen LogP contribution in [0.15, 0.2) is 89.8 Å². The Bertz CT molecular complexity index is 1320. The standard InChI is InChI=1S/C29H34N4O3S/c1-3-32-18-20-33(21-19-32)27-16-15-26(30-29(34)17-14-24-10-6-4-7-11-24)22-28(27)37(35,36)31-23(2)25-12-8-5-9-13-25/h4-17,22-23,31H,3,18-21H2,1-2H3,(H,30,34)/b17-14+/t23-/m0/s1. The van der Waals surface area contributed by atoms with E-state index in [2.05, 4.69) is 26.8 Å². The van der Waals surface area contributed by atoms with E-state index >= 15 is 0 Å². The van der Waals surface area contributed by atoms with Crippen LogP contribution in [0.3, 0.4) is 0 Å². The first-order valence-corrected chi connectivity index (χ1v) is 14.1. The third-order valence-corrected chi connectivity index (χ3v) is 8.11. The summed E-state index contributed by atoms with van der Waals surface area (Å²) in [5.74, 6) is -0.331. The molecule has 2 N–H and O–H groups in total. The summed E-state index contributed by atoms with van der Waals surface area (Å²) >= 11 is 0. The normalized spacial score (nSPS) is 15.6. The molecule has 1 aliphatic heterocycles. The third-order valence-electron chi connectivity index (χ3n) is 6.54. The van der Waals surface area contributed by atoms with Gasteiger partial charge in [-0.1, -0.05) is 67.6 Å².